The van der Waals surface area contributed by atoms with E-state index in [0.717, 1.165) is 32.6 Å². The van der Waals surface area contributed by atoms with Crippen molar-refractivity contribution in [3.05, 3.63) is 0 Å². The van der Waals surface area contributed by atoms with Gasteiger partial charge in [0.15, 0.2) is 0 Å². The lowest BCUT2D eigenvalue weighted by Crippen LogP contribution is -2.54. The van der Waals surface area contributed by atoms with E-state index in [4.69, 9.17) is 18.0 Å². The first kappa shape index (κ1) is 14.3. The third-order valence-electron chi connectivity index (χ3n) is 3.21. The van der Waals surface area contributed by atoms with Crippen molar-refractivity contribution in [2.75, 3.05) is 39.8 Å². The molecule has 1 aliphatic heterocycles. The summed E-state index contributed by atoms with van der Waals surface area (Å²) in [6.07, 6.45) is 0.949. The molecule has 1 atom stereocenters. The van der Waals surface area contributed by atoms with Crippen molar-refractivity contribution in [3.63, 3.8) is 0 Å². The summed E-state index contributed by atoms with van der Waals surface area (Å²) in [7, 11) is 1.67. The van der Waals surface area contributed by atoms with E-state index >= 15 is 0 Å². The number of thiocarbonyl (C=S) groups is 1. The van der Waals surface area contributed by atoms with Gasteiger partial charge < -0.3 is 11.1 Å². The maximum atomic E-state index is 11.3. The third-order valence-corrected chi connectivity index (χ3v) is 3.48. The first-order chi connectivity index (χ1) is 8.08. The van der Waals surface area contributed by atoms with E-state index in [-0.39, 0.29) is 11.9 Å². The zero-order chi connectivity index (χ0) is 12.8. The average molecular weight is 258 g/mol. The molecule has 1 heterocycles. The predicted octanol–water partition coefficient (Wildman–Crippen LogP) is -0.585. The molecule has 1 unspecified atom stereocenters. The highest BCUT2D eigenvalue weighted by atomic mass is 32.1. The second-order valence-corrected chi connectivity index (χ2v) is 4.78. The highest BCUT2D eigenvalue weighted by molar-refractivity contribution is 7.80. The summed E-state index contributed by atoms with van der Waals surface area (Å²) >= 11 is 5.07. The smallest absolute Gasteiger partial charge is 0.233 e. The normalized spacial score (nSPS) is 19.9. The van der Waals surface area contributed by atoms with Crippen LogP contribution in [0.25, 0.3) is 0 Å². The van der Waals surface area contributed by atoms with Crippen LogP contribution in [0.5, 0.6) is 0 Å². The van der Waals surface area contributed by atoms with Crippen LogP contribution in [0, 0.1) is 0 Å². The third kappa shape index (κ3) is 4.22. The number of piperazine rings is 1. The Morgan fingerprint density at radius 3 is 2.41 bits per heavy atom. The quantitative estimate of drug-likeness (QED) is 0.646. The summed E-state index contributed by atoms with van der Waals surface area (Å²) in [5.74, 6) is 0.0693. The first-order valence-corrected chi connectivity index (χ1v) is 6.45. The molecular formula is C11H22N4OS. The molecule has 1 fully saturated rings. The highest BCUT2D eigenvalue weighted by Gasteiger charge is 2.24. The fourth-order valence-electron chi connectivity index (χ4n) is 2.15. The number of hydrogen-bond acceptors (Lipinski definition) is 4. The van der Waals surface area contributed by atoms with Gasteiger partial charge in [-0.05, 0) is 6.42 Å². The fourth-order valence-corrected chi connectivity index (χ4v) is 2.47. The second-order valence-electron chi connectivity index (χ2n) is 4.31. The van der Waals surface area contributed by atoms with Gasteiger partial charge in [0.2, 0.25) is 5.91 Å². The number of hydrogen-bond donors (Lipinski definition) is 2. The van der Waals surface area contributed by atoms with Gasteiger partial charge in [0.25, 0.3) is 0 Å². The molecule has 0 aromatic rings. The molecule has 1 amide bonds. The molecular weight excluding hydrogens is 236 g/mol. The van der Waals surface area contributed by atoms with Gasteiger partial charge in [-0.15, -0.1) is 0 Å². The summed E-state index contributed by atoms with van der Waals surface area (Å²) in [5, 5.41) is 2.64. The number of nitrogens with zero attached hydrogens (tertiary/aromatic N) is 2. The van der Waals surface area contributed by atoms with E-state index in [1.165, 1.54) is 0 Å². The van der Waals surface area contributed by atoms with Gasteiger partial charge in [-0.2, -0.15) is 0 Å². The van der Waals surface area contributed by atoms with Crippen molar-refractivity contribution >= 4 is 23.1 Å². The summed E-state index contributed by atoms with van der Waals surface area (Å²) in [4.78, 5) is 16.3. The maximum Gasteiger partial charge on any atom is 0.233 e. The molecule has 0 aromatic heterocycles. The van der Waals surface area contributed by atoms with Crippen LogP contribution in [0.3, 0.4) is 0 Å². The van der Waals surface area contributed by atoms with Crippen molar-refractivity contribution in [3.8, 4) is 0 Å². The Bertz CT molecular complexity index is 277. The molecule has 0 radical (unpaired) electrons. The summed E-state index contributed by atoms with van der Waals surface area (Å²) in [6.45, 7) is 6.22. The number of carbonyl (C=O) groups is 1. The van der Waals surface area contributed by atoms with E-state index in [1.807, 2.05) is 0 Å². The van der Waals surface area contributed by atoms with Gasteiger partial charge >= 0.3 is 0 Å². The molecule has 0 spiro atoms. The Kier molecular flexibility index (Phi) is 5.80. The molecule has 5 nitrogen and oxygen atoms in total. The average Bonchev–Trinajstić information content (AvgIpc) is 2.31. The van der Waals surface area contributed by atoms with Crippen LogP contribution in [0.2, 0.25) is 0 Å². The fraction of sp³-hybridized carbons (Fsp3) is 0.818. The number of nitrogens with one attached hydrogen (secondary N) is 1. The van der Waals surface area contributed by atoms with E-state index in [9.17, 15) is 4.79 Å². The summed E-state index contributed by atoms with van der Waals surface area (Å²) in [6, 6.07) is 0.201. The van der Waals surface area contributed by atoms with Crippen molar-refractivity contribution in [1.82, 2.24) is 15.1 Å². The predicted molar refractivity (Wildman–Crippen MR) is 72.9 cm³/mol. The Balaban J connectivity index is 2.39. The van der Waals surface area contributed by atoms with Crippen molar-refractivity contribution in [2.24, 2.45) is 5.73 Å². The van der Waals surface area contributed by atoms with Gasteiger partial charge in [0.05, 0.1) is 17.6 Å². The molecule has 1 rings (SSSR count). The van der Waals surface area contributed by atoms with Crippen LogP contribution in [0.15, 0.2) is 0 Å². The van der Waals surface area contributed by atoms with Gasteiger partial charge in [-0.1, -0.05) is 19.1 Å². The van der Waals surface area contributed by atoms with E-state index in [0.29, 0.717) is 11.5 Å². The highest BCUT2D eigenvalue weighted by Crippen LogP contribution is 2.09. The lowest BCUT2D eigenvalue weighted by molar-refractivity contribution is -0.122. The minimum absolute atomic E-state index is 0.0693. The number of likely N-dealkylation sites (N-methyl/N-ethyl adjacent to an activating group) is 1. The minimum Gasteiger partial charge on any atom is -0.392 e. The van der Waals surface area contributed by atoms with Crippen LogP contribution in [-0.2, 0) is 4.79 Å². The number of rotatable bonds is 5. The van der Waals surface area contributed by atoms with Crippen LogP contribution < -0.4 is 11.1 Å². The molecule has 98 valence electrons. The number of amides is 1. The second kappa shape index (κ2) is 6.88. The minimum atomic E-state index is 0.0693. The number of nitrogens with two attached hydrogens (primary N) is 1. The Morgan fingerprint density at radius 1 is 1.41 bits per heavy atom. The van der Waals surface area contributed by atoms with E-state index < -0.39 is 0 Å². The summed E-state index contributed by atoms with van der Waals surface area (Å²) < 4.78 is 0. The SMILES string of the molecule is CCC(C(N)=S)N1CCN(CC(=O)NC)CC1. The first-order valence-electron chi connectivity index (χ1n) is 6.04. The van der Waals surface area contributed by atoms with Gasteiger partial charge in [-0.3, -0.25) is 14.6 Å². The van der Waals surface area contributed by atoms with Gasteiger partial charge in [0, 0.05) is 33.2 Å². The molecule has 0 aromatic carbocycles. The molecule has 0 bridgehead atoms. The topological polar surface area (TPSA) is 61.6 Å². The lowest BCUT2D eigenvalue weighted by Gasteiger charge is -2.38. The van der Waals surface area contributed by atoms with Crippen LogP contribution in [0.1, 0.15) is 13.3 Å². The Labute approximate surface area is 108 Å². The Hall–Kier alpha value is -0.720. The van der Waals surface area contributed by atoms with Gasteiger partial charge in [0.1, 0.15) is 0 Å². The molecule has 17 heavy (non-hydrogen) atoms. The summed E-state index contributed by atoms with van der Waals surface area (Å²) in [5.41, 5.74) is 5.73. The zero-order valence-corrected chi connectivity index (χ0v) is 11.4. The molecule has 1 aliphatic rings. The van der Waals surface area contributed by atoms with Crippen LogP contribution in [-0.4, -0.2) is 66.5 Å². The standard InChI is InChI=1S/C11H22N4OS/c1-3-9(11(12)17)15-6-4-14(5-7-15)8-10(16)13-2/h9H,3-8H2,1-2H3,(H2,12,17)(H,13,16). The van der Waals surface area contributed by atoms with Crippen LogP contribution >= 0.6 is 12.2 Å². The van der Waals surface area contributed by atoms with Crippen molar-refractivity contribution in [2.45, 2.75) is 19.4 Å². The lowest BCUT2D eigenvalue weighted by atomic mass is 10.1. The molecule has 6 heteroatoms. The monoisotopic (exact) mass is 258 g/mol. The molecule has 1 saturated heterocycles. The van der Waals surface area contributed by atoms with Crippen molar-refractivity contribution in [1.29, 1.82) is 0 Å². The largest absolute Gasteiger partial charge is 0.392 e. The van der Waals surface area contributed by atoms with Crippen molar-refractivity contribution < 1.29 is 4.79 Å². The van der Waals surface area contributed by atoms with Crippen LogP contribution in [0.4, 0.5) is 0 Å². The maximum absolute atomic E-state index is 11.3. The number of carbonyl (C=O) groups excluding carboxylic acids is 1. The molecule has 0 aliphatic carbocycles. The Morgan fingerprint density at radius 2 is 2.00 bits per heavy atom. The van der Waals surface area contributed by atoms with Gasteiger partial charge in [-0.25, -0.2) is 0 Å². The molecule has 3 N–H and O–H groups in total. The zero-order valence-electron chi connectivity index (χ0n) is 10.6. The van der Waals surface area contributed by atoms with E-state index in [1.54, 1.807) is 7.05 Å². The van der Waals surface area contributed by atoms with E-state index in [2.05, 4.69) is 22.0 Å². The molecule has 0 saturated carbocycles.